The van der Waals surface area contributed by atoms with Gasteiger partial charge in [-0.3, -0.25) is 4.79 Å². The van der Waals surface area contributed by atoms with Crippen LogP contribution >= 0.6 is 11.8 Å². The fourth-order valence-electron chi connectivity index (χ4n) is 2.66. The second-order valence-corrected chi connectivity index (χ2v) is 6.20. The Bertz CT molecular complexity index is 233. The molecule has 0 aromatic heterocycles. The van der Waals surface area contributed by atoms with Crippen molar-refractivity contribution in [3.05, 3.63) is 0 Å². The molecule has 1 spiro atoms. The van der Waals surface area contributed by atoms with E-state index < -0.39 is 0 Å². The van der Waals surface area contributed by atoms with Crippen LogP contribution in [0.15, 0.2) is 0 Å². The van der Waals surface area contributed by atoms with Crippen molar-refractivity contribution in [1.82, 2.24) is 5.32 Å². The van der Waals surface area contributed by atoms with Crippen LogP contribution in [0.4, 0.5) is 0 Å². The Hall–Kier alpha value is -0.180. The highest BCUT2D eigenvalue weighted by molar-refractivity contribution is 7.99. The van der Waals surface area contributed by atoms with Crippen LogP contribution in [0.2, 0.25) is 0 Å². The summed E-state index contributed by atoms with van der Waals surface area (Å²) < 4.78 is 0. The van der Waals surface area contributed by atoms with Crippen molar-refractivity contribution >= 4 is 17.7 Å². The van der Waals surface area contributed by atoms with E-state index in [0.29, 0.717) is 17.4 Å². The third-order valence-electron chi connectivity index (χ3n) is 3.43. The summed E-state index contributed by atoms with van der Waals surface area (Å²) in [6.07, 6.45) is 3.15. The molecule has 2 unspecified atom stereocenters. The molecule has 1 amide bonds. The molecular weight excluding hydrogens is 194 g/mol. The van der Waals surface area contributed by atoms with Crippen molar-refractivity contribution in [2.45, 2.75) is 39.2 Å². The van der Waals surface area contributed by atoms with Gasteiger partial charge in [0.25, 0.3) is 0 Å². The molecular formula is C11H19NOS. The van der Waals surface area contributed by atoms with Gasteiger partial charge in [-0.15, -0.1) is 0 Å². The van der Waals surface area contributed by atoms with E-state index in [4.69, 9.17) is 0 Å². The summed E-state index contributed by atoms with van der Waals surface area (Å²) in [6.45, 7) is 4.47. The van der Waals surface area contributed by atoms with Crippen molar-refractivity contribution in [3.63, 3.8) is 0 Å². The maximum atomic E-state index is 11.5. The molecule has 2 nitrogen and oxygen atoms in total. The zero-order valence-corrected chi connectivity index (χ0v) is 9.82. The number of thioether (sulfide) groups is 1. The first kappa shape index (κ1) is 10.3. The largest absolute Gasteiger partial charge is 0.353 e. The van der Waals surface area contributed by atoms with Crippen LogP contribution in [0, 0.1) is 11.3 Å². The summed E-state index contributed by atoms with van der Waals surface area (Å²) in [7, 11) is 0. The molecule has 3 heteroatoms. The smallest absolute Gasteiger partial charge is 0.220 e. The van der Waals surface area contributed by atoms with Crippen molar-refractivity contribution in [1.29, 1.82) is 0 Å². The highest BCUT2D eigenvalue weighted by Gasteiger charge is 2.48. The number of hydrogen-bond acceptors (Lipinski definition) is 2. The minimum absolute atomic E-state index is 0.276. The number of nitrogens with one attached hydrogen (secondary N) is 1. The zero-order valence-electron chi connectivity index (χ0n) is 9.01. The minimum Gasteiger partial charge on any atom is -0.353 e. The molecule has 2 heterocycles. The average Bonchev–Trinajstić information content (AvgIpc) is 2.61. The van der Waals surface area contributed by atoms with Crippen LogP contribution in [-0.4, -0.2) is 23.5 Å². The van der Waals surface area contributed by atoms with Gasteiger partial charge < -0.3 is 5.32 Å². The fourth-order valence-corrected chi connectivity index (χ4v) is 4.21. The van der Waals surface area contributed by atoms with Gasteiger partial charge >= 0.3 is 0 Å². The van der Waals surface area contributed by atoms with E-state index in [-0.39, 0.29) is 5.91 Å². The molecule has 2 aliphatic heterocycles. The Kier molecular flexibility index (Phi) is 2.78. The predicted octanol–water partition coefficient (Wildman–Crippen LogP) is 2.04. The second kappa shape index (κ2) is 3.76. The van der Waals surface area contributed by atoms with E-state index in [2.05, 4.69) is 19.2 Å². The van der Waals surface area contributed by atoms with Crippen LogP contribution in [-0.2, 0) is 4.79 Å². The van der Waals surface area contributed by atoms with Gasteiger partial charge in [-0.2, -0.15) is 11.8 Å². The minimum atomic E-state index is 0.276. The van der Waals surface area contributed by atoms with Crippen LogP contribution in [0.3, 0.4) is 0 Å². The molecule has 0 aliphatic carbocycles. The Morgan fingerprint density at radius 1 is 1.64 bits per heavy atom. The lowest BCUT2D eigenvalue weighted by atomic mass is 9.77. The van der Waals surface area contributed by atoms with E-state index in [1.807, 2.05) is 11.8 Å². The van der Waals surface area contributed by atoms with E-state index in [0.717, 1.165) is 12.8 Å². The Labute approximate surface area is 90.2 Å². The fraction of sp³-hybridized carbons (Fsp3) is 0.909. The number of hydrogen-bond donors (Lipinski definition) is 1. The lowest BCUT2D eigenvalue weighted by Crippen LogP contribution is -2.38. The van der Waals surface area contributed by atoms with Gasteiger partial charge in [0.05, 0.1) is 0 Å². The molecule has 0 radical (unpaired) electrons. The topological polar surface area (TPSA) is 29.1 Å². The summed E-state index contributed by atoms with van der Waals surface area (Å²) in [5.41, 5.74) is 0.312. The predicted molar refractivity (Wildman–Crippen MR) is 60.4 cm³/mol. The Morgan fingerprint density at radius 2 is 2.43 bits per heavy atom. The number of carbonyl (C=O) groups is 1. The van der Waals surface area contributed by atoms with Crippen molar-refractivity contribution in [2.75, 3.05) is 11.5 Å². The van der Waals surface area contributed by atoms with Crippen LogP contribution in [0.1, 0.15) is 33.1 Å². The van der Waals surface area contributed by atoms with Crippen LogP contribution in [0.5, 0.6) is 0 Å². The lowest BCUT2D eigenvalue weighted by Gasteiger charge is -2.29. The highest BCUT2D eigenvalue weighted by atomic mass is 32.2. The molecule has 14 heavy (non-hydrogen) atoms. The lowest BCUT2D eigenvalue weighted by molar-refractivity contribution is -0.119. The summed E-state index contributed by atoms with van der Waals surface area (Å²) in [4.78, 5) is 11.5. The highest BCUT2D eigenvalue weighted by Crippen LogP contribution is 2.46. The first-order chi connectivity index (χ1) is 6.62. The van der Waals surface area contributed by atoms with E-state index in [9.17, 15) is 4.79 Å². The molecule has 2 fully saturated rings. The Balaban J connectivity index is 2.09. The third-order valence-corrected chi connectivity index (χ3v) is 4.70. The van der Waals surface area contributed by atoms with Gasteiger partial charge in [-0.05, 0) is 24.5 Å². The average molecular weight is 213 g/mol. The second-order valence-electron chi connectivity index (χ2n) is 5.09. The summed E-state index contributed by atoms with van der Waals surface area (Å²) in [6, 6.07) is 0.449. The van der Waals surface area contributed by atoms with Crippen molar-refractivity contribution in [2.24, 2.45) is 11.3 Å². The standard InChI is InChI=1S/C11H19NOS/c1-8(2)5-9-11(3-4-14-7-11)6-10(13)12-9/h8-9H,3-7H2,1-2H3,(H,12,13). The molecule has 80 valence electrons. The first-order valence-electron chi connectivity index (χ1n) is 5.49. The number of carbonyl (C=O) groups excluding carboxylic acids is 1. The van der Waals surface area contributed by atoms with Gasteiger partial charge in [0.2, 0.25) is 5.91 Å². The third kappa shape index (κ3) is 1.79. The molecule has 0 aromatic carbocycles. The van der Waals surface area contributed by atoms with Crippen LogP contribution in [0.25, 0.3) is 0 Å². The normalized spacial score (nSPS) is 37.1. The van der Waals surface area contributed by atoms with Gasteiger partial charge in [0, 0.05) is 23.6 Å². The molecule has 2 aliphatic rings. The quantitative estimate of drug-likeness (QED) is 0.760. The molecule has 2 saturated heterocycles. The van der Waals surface area contributed by atoms with E-state index in [1.54, 1.807) is 0 Å². The van der Waals surface area contributed by atoms with Crippen LogP contribution < -0.4 is 5.32 Å². The molecule has 0 bridgehead atoms. The van der Waals surface area contributed by atoms with Gasteiger partial charge in [0.1, 0.15) is 0 Å². The van der Waals surface area contributed by atoms with Crippen molar-refractivity contribution in [3.8, 4) is 0 Å². The SMILES string of the molecule is CC(C)CC1NC(=O)CC12CCSC2. The monoisotopic (exact) mass is 213 g/mol. The summed E-state index contributed by atoms with van der Waals surface area (Å²) >= 11 is 2.01. The van der Waals surface area contributed by atoms with Gasteiger partial charge in [-0.25, -0.2) is 0 Å². The number of amides is 1. The molecule has 1 N–H and O–H groups in total. The van der Waals surface area contributed by atoms with Gasteiger partial charge in [0.15, 0.2) is 0 Å². The van der Waals surface area contributed by atoms with Crippen molar-refractivity contribution < 1.29 is 4.79 Å². The maximum Gasteiger partial charge on any atom is 0.220 e. The van der Waals surface area contributed by atoms with E-state index in [1.165, 1.54) is 17.9 Å². The Morgan fingerprint density at radius 3 is 3.00 bits per heavy atom. The molecule has 2 atom stereocenters. The maximum absolute atomic E-state index is 11.5. The summed E-state index contributed by atoms with van der Waals surface area (Å²) in [5.74, 6) is 3.38. The van der Waals surface area contributed by atoms with E-state index >= 15 is 0 Å². The van der Waals surface area contributed by atoms with Gasteiger partial charge in [-0.1, -0.05) is 13.8 Å². The molecule has 0 aromatic rings. The molecule has 2 rings (SSSR count). The first-order valence-corrected chi connectivity index (χ1v) is 6.65. The number of rotatable bonds is 2. The zero-order chi connectivity index (χ0) is 10.2. The summed E-state index contributed by atoms with van der Waals surface area (Å²) in [5, 5.41) is 3.17. The molecule has 0 saturated carbocycles.